The fourth-order valence-electron chi connectivity index (χ4n) is 4.53. The number of carbonyl (C=O) groups excluding carboxylic acids is 3. The molecule has 1 aliphatic heterocycles. The van der Waals surface area contributed by atoms with Crippen LogP contribution in [0.5, 0.6) is 0 Å². The molecule has 1 aliphatic rings. The Morgan fingerprint density at radius 1 is 1.00 bits per heavy atom. The van der Waals surface area contributed by atoms with Crippen LogP contribution in [0.4, 0.5) is 0 Å². The molecule has 0 aliphatic carbocycles. The molecule has 168 valence electrons. The molecule has 3 amide bonds. The maximum absolute atomic E-state index is 13.8. The van der Waals surface area contributed by atoms with E-state index < -0.39 is 5.41 Å². The molecule has 0 bridgehead atoms. The average Bonchev–Trinajstić information content (AvgIpc) is 3.05. The highest BCUT2D eigenvalue weighted by atomic mass is 16.2. The van der Waals surface area contributed by atoms with Crippen LogP contribution in [0.2, 0.25) is 0 Å². The first kappa shape index (κ1) is 22.4. The van der Waals surface area contributed by atoms with Gasteiger partial charge in [0.25, 0.3) is 0 Å². The number of benzene rings is 2. The van der Waals surface area contributed by atoms with Crippen LogP contribution in [0.3, 0.4) is 0 Å². The highest BCUT2D eigenvalue weighted by Gasteiger charge is 2.54. The number of aryl methyl sites for hydroxylation is 1. The Labute approximate surface area is 193 Å². The summed E-state index contributed by atoms with van der Waals surface area (Å²) in [7, 11) is 1.73. The van der Waals surface area contributed by atoms with E-state index >= 15 is 0 Å². The van der Waals surface area contributed by atoms with Crippen molar-refractivity contribution in [2.45, 2.75) is 38.3 Å². The molecule has 3 aromatic rings. The standard InChI is InChI=1S/C27H27N3O3/c1-20-9-6-7-13-23(20)27(15-24(31)29(2)18-21-10-4-3-5-11-21)16-25(32)30(26(27)33)19-22-12-8-14-28-17-22/h3-14,17H,15-16,18-19H2,1-2H3. The van der Waals surface area contributed by atoms with Crippen molar-refractivity contribution in [2.75, 3.05) is 7.05 Å². The van der Waals surface area contributed by atoms with E-state index in [0.29, 0.717) is 6.54 Å². The molecule has 0 radical (unpaired) electrons. The Morgan fingerprint density at radius 2 is 1.70 bits per heavy atom. The minimum absolute atomic E-state index is 0.0259. The SMILES string of the molecule is Cc1ccccc1C1(CC(=O)N(C)Cc2ccccc2)CC(=O)N(Cc2cccnc2)C1=O. The van der Waals surface area contributed by atoms with E-state index in [1.54, 1.807) is 30.4 Å². The van der Waals surface area contributed by atoms with Crippen LogP contribution < -0.4 is 0 Å². The van der Waals surface area contributed by atoms with E-state index in [9.17, 15) is 14.4 Å². The molecule has 6 heteroatoms. The Balaban J connectivity index is 1.65. The van der Waals surface area contributed by atoms with Crippen LogP contribution in [0.25, 0.3) is 0 Å². The second-order valence-corrected chi connectivity index (χ2v) is 8.63. The second-order valence-electron chi connectivity index (χ2n) is 8.63. The van der Waals surface area contributed by atoms with Gasteiger partial charge in [-0.25, -0.2) is 0 Å². The Kier molecular flexibility index (Phi) is 6.36. The number of rotatable bonds is 7. The van der Waals surface area contributed by atoms with Gasteiger partial charge in [-0.2, -0.15) is 0 Å². The highest BCUT2D eigenvalue weighted by molar-refractivity contribution is 6.10. The van der Waals surface area contributed by atoms with Crippen LogP contribution in [0.1, 0.15) is 35.1 Å². The first-order chi connectivity index (χ1) is 15.9. The molecule has 1 aromatic heterocycles. The molecule has 4 rings (SSSR count). The molecule has 0 N–H and O–H groups in total. The quantitative estimate of drug-likeness (QED) is 0.525. The summed E-state index contributed by atoms with van der Waals surface area (Å²) < 4.78 is 0. The van der Waals surface area contributed by atoms with Gasteiger partial charge in [-0.15, -0.1) is 0 Å². The monoisotopic (exact) mass is 441 g/mol. The summed E-state index contributed by atoms with van der Waals surface area (Å²) in [5, 5.41) is 0. The van der Waals surface area contributed by atoms with E-state index in [1.165, 1.54) is 4.90 Å². The second kappa shape index (κ2) is 9.36. The van der Waals surface area contributed by atoms with Crippen molar-refractivity contribution in [3.05, 3.63) is 101 Å². The van der Waals surface area contributed by atoms with Crippen molar-refractivity contribution in [1.82, 2.24) is 14.8 Å². The Morgan fingerprint density at radius 3 is 2.39 bits per heavy atom. The minimum Gasteiger partial charge on any atom is -0.341 e. The van der Waals surface area contributed by atoms with E-state index in [4.69, 9.17) is 0 Å². The fraction of sp³-hybridized carbons (Fsp3) is 0.259. The number of hydrogen-bond donors (Lipinski definition) is 0. The van der Waals surface area contributed by atoms with Crippen molar-refractivity contribution in [2.24, 2.45) is 0 Å². The number of likely N-dealkylation sites (tertiary alicyclic amines) is 1. The summed E-state index contributed by atoms with van der Waals surface area (Å²) in [5.74, 6) is -0.774. The van der Waals surface area contributed by atoms with Gasteiger partial charge in [0.1, 0.15) is 0 Å². The maximum Gasteiger partial charge on any atom is 0.241 e. The maximum atomic E-state index is 13.8. The number of hydrogen-bond acceptors (Lipinski definition) is 4. The molecule has 6 nitrogen and oxygen atoms in total. The van der Waals surface area contributed by atoms with Gasteiger partial charge in [0.2, 0.25) is 17.7 Å². The first-order valence-electron chi connectivity index (χ1n) is 11.0. The highest BCUT2D eigenvalue weighted by Crippen LogP contribution is 2.42. The third-order valence-electron chi connectivity index (χ3n) is 6.27. The summed E-state index contributed by atoms with van der Waals surface area (Å²) in [6.45, 7) is 2.50. The lowest BCUT2D eigenvalue weighted by molar-refractivity contribution is -0.143. The minimum atomic E-state index is -1.22. The van der Waals surface area contributed by atoms with Gasteiger partial charge in [-0.05, 0) is 35.2 Å². The average molecular weight is 442 g/mol. The molecule has 1 fully saturated rings. The van der Waals surface area contributed by atoms with Gasteiger partial charge in [0, 0.05) is 38.8 Å². The predicted octanol–water partition coefficient (Wildman–Crippen LogP) is 3.64. The lowest BCUT2D eigenvalue weighted by Gasteiger charge is -2.30. The van der Waals surface area contributed by atoms with Crippen molar-refractivity contribution in [1.29, 1.82) is 0 Å². The normalized spacial score (nSPS) is 17.9. The summed E-state index contributed by atoms with van der Waals surface area (Å²) in [6.07, 6.45) is 3.21. The number of pyridine rings is 1. The van der Waals surface area contributed by atoms with Crippen molar-refractivity contribution in [3.8, 4) is 0 Å². The number of carbonyl (C=O) groups is 3. The largest absolute Gasteiger partial charge is 0.341 e. The zero-order chi connectivity index (χ0) is 23.4. The van der Waals surface area contributed by atoms with Gasteiger partial charge in [0.05, 0.1) is 12.0 Å². The van der Waals surface area contributed by atoms with Gasteiger partial charge < -0.3 is 4.90 Å². The van der Waals surface area contributed by atoms with E-state index in [1.807, 2.05) is 67.6 Å². The van der Waals surface area contributed by atoms with Crippen LogP contribution in [-0.2, 0) is 32.9 Å². The van der Waals surface area contributed by atoms with Crippen LogP contribution in [0.15, 0.2) is 79.1 Å². The van der Waals surface area contributed by atoms with Crippen LogP contribution in [-0.4, -0.2) is 39.6 Å². The fourth-order valence-corrected chi connectivity index (χ4v) is 4.53. The first-order valence-corrected chi connectivity index (χ1v) is 11.0. The molecule has 2 heterocycles. The predicted molar refractivity (Wildman–Crippen MR) is 125 cm³/mol. The smallest absolute Gasteiger partial charge is 0.241 e. The van der Waals surface area contributed by atoms with Gasteiger partial charge in [-0.1, -0.05) is 60.7 Å². The van der Waals surface area contributed by atoms with Crippen molar-refractivity contribution < 1.29 is 14.4 Å². The molecular formula is C27H27N3O3. The molecule has 1 unspecified atom stereocenters. The third-order valence-corrected chi connectivity index (χ3v) is 6.27. The summed E-state index contributed by atoms with van der Waals surface area (Å²) in [6, 6.07) is 20.8. The van der Waals surface area contributed by atoms with Gasteiger partial charge >= 0.3 is 0 Å². The number of aromatic nitrogens is 1. The summed E-state index contributed by atoms with van der Waals surface area (Å²) >= 11 is 0. The lowest BCUT2D eigenvalue weighted by atomic mass is 9.74. The molecule has 33 heavy (non-hydrogen) atoms. The summed E-state index contributed by atoms with van der Waals surface area (Å²) in [5.41, 5.74) is 2.18. The lowest BCUT2D eigenvalue weighted by Crippen LogP contribution is -2.42. The van der Waals surface area contributed by atoms with Crippen molar-refractivity contribution in [3.63, 3.8) is 0 Å². The Hall–Kier alpha value is -3.80. The Bertz CT molecular complexity index is 1160. The molecule has 0 saturated carbocycles. The zero-order valence-electron chi connectivity index (χ0n) is 18.9. The number of imide groups is 1. The zero-order valence-corrected chi connectivity index (χ0v) is 18.9. The topological polar surface area (TPSA) is 70.6 Å². The van der Waals surface area contributed by atoms with E-state index in [-0.39, 0.29) is 37.1 Å². The van der Waals surface area contributed by atoms with E-state index in [0.717, 1.165) is 22.3 Å². The summed E-state index contributed by atoms with van der Waals surface area (Å²) in [4.78, 5) is 47.2. The molecule has 2 aromatic carbocycles. The van der Waals surface area contributed by atoms with Gasteiger partial charge in [0.15, 0.2) is 0 Å². The number of amides is 3. The molecule has 0 spiro atoms. The van der Waals surface area contributed by atoms with E-state index in [2.05, 4.69) is 4.98 Å². The number of nitrogens with zero attached hydrogens (tertiary/aromatic N) is 3. The van der Waals surface area contributed by atoms with Crippen LogP contribution in [0, 0.1) is 6.92 Å². The molecular weight excluding hydrogens is 414 g/mol. The van der Waals surface area contributed by atoms with Gasteiger partial charge in [-0.3, -0.25) is 24.3 Å². The molecule has 1 atom stereocenters. The third kappa shape index (κ3) is 4.55. The van der Waals surface area contributed by atoms with Crippen molar-refractivity contribution >= 4 is 17.7 Å². The van der Waals surface area contributed by atoms with Crippen LogP contribution >= 0.6 is 0 Å². The molecule has 1 saturated heterocycles.